The topological polar surface area (TPSA) is 102 Å². The maximum atomic E-state index is 11.6. The van der Waals surface area contributed by atoms with Crippen molar-refractivity contribution in [3.05, 3.63) is 35.9 Å². The van der Waals surface area contributed by atoms with E-state index in [2.05, 4.69) is 10.1 Å². The Bertz CT molecular complexity index is 487. The van der Waals surface area contributed by atoms with Crippen molar-refractivity contribution in [2.75, 3.05) is 7.11 Å². The van der Waals surface area contributed by atoms with Crippen LogP contribution in [-0.4, -0.2) is 36.3 Å². The third kappa shape index (κ3) is 6.42. The van der Waals surface area contributed by atoms with Crippen LogP contribution in [0.4, 0.5) is 4.79 Å². The van der Waals surface area contributed by atoms with Crippen LogP contribution < -0.4 is 5.32 Å². The van der Waals surface area contributed by atoms with Crippen LogP contribution in [0.25, 0.3) is 0 Å². The van der Waals surface area contributed by atoms with Crippen LogP contribution in [0, 0.1) is 0 Å². The predicted octanol–water partition coefficient (Wildman–Crippen LogP) is 1.32. The quantitative estimate of drug-likeness (QED) is 0.735. The first-order valence-corrected chi connectivity index (χ1v) is 6.29. The molecule has 1 aromatic carbocycles. The number of alkyl carbamates (subject to hydrolysis) is 1. The lowest BCUT2D eigenvalue weighted by atomic mass is 10.1. The van der Waals surface area contributed by atoms with Crippen LogP contribution in [0.1, 0.15) is 18.4 Å². The number of rotatable bonds is 7. The van der Waals surface area contributed by atoms with E-state index in [1.165, 1.54) is 0 Å². The van der Waals surface area contributed by atoms with Crippen LogP contribution in [-0.2, 0) is 25.7 Å². The van der Waals surface area contributed by atoms with Gasteiger partial charge in [-0.1, -0.05) is 30.3 Å². The minimum absolute atomic E-state index is 0.0551. The second-order valence-corrected chi connectivity index (χ2v) is 4.21. The number of nitrogens with one attached hydrogen (secondary N) is 1. The number of aliphatic carboxylic acids is 1. The van der Waals surface area contributed by atoms with Gasteiger partial charge in [0.25, 0.3) is 0 Å². The molecule has 7 nitrogen and oxygen atoms in total. The molecule has 21 heavy (non-hydrogen) atoms. The van der Waals surface area contributed by atoms with Crippen LogP contribution >= 0.6 is 0 Å². The predicted molar refractivity (Wildman–Crippen MR) is 72.4 cm³/mol. The van der Waals surface area contributed by atoms with E-state index in [0.717, 1.165) is 12.7 Å². The van der Waals surface area contributed by atoms with Gasteiger partial charge in [-0.15, -0.1) is 0 Å². The Morgan fingerprint density at radius 1 is 1.24 bits per heavy atom. The van der Waals surface area contributed by atoms with Crippen molar-refractivity contribution in [3.63, 3.8) is 0 Å². The summed E-state index contributed by atoms with van der Waals surface area (Å²) in [6.07, 6.45) is -1.14. The van der Waals surface area contributed by atoms with Gasteiger partial charge in [0.2, 0.25) is 0 Å². The zero-order valence-corrected chi connectivity index (χ0v) is 11.6. The summed E-state index contributed by atoms with van der Waals surface area (Å²) in [4.78, 5) is 33.6. The molecular formula is C14H17NO6. The van der Waals surface area contributed by atoms with Crippen molar-refractivity contribution in [1.82, 2.24) is 5.32 Å². The van der Waals surface area contributed by atoms with Gasteiger partial charge in [0.05, 0.1) is 7.11 Å². The Labute approximate surface area is 121 Å². The van der Waals surface area contributed by atoms with E-state index in [-0.39, 0.29) is 19.4 Å². The summed E-state index contributed by atoms with van der Waals surface area (Å²) >= 11 is 0. The first-order valence-electron chi connectivity index (χ1n) is 6.29. The van der Waals surface area contributed by atoms with Crippen molar-refractivity contribution in [2.45, 2.75) is 25.5 Å². The van der Waals surface area contributed by atoms with Crippen molar-refractivity contribution >= 4 is 18.0 Å². The summed E-state index contributed by atoms with van der Waals surface area (Å²) in [6, 6.07) is 7.98. The Kier molecular flexibility index (Phi) is 6.73. The van der Waals surface area contributed by atoms with Gasteiger partial charge in [-0.3, -0.25) is 4.79 Å². The normalized spacial score (nSPS) is 11.3. The molecule has 0 aliphatic rings. The standard InChI is InChI=1S/C14H17NO6/c1-20-13(18)11(7-8-12(16)17)15-14(19)21-9-10-5-3-2-4-6-10/h2-6,11H,7-9H2,1H3,(H,15,19)(H,16,17). The fourth-order valence-electron chi connectivity index (χ4n) is 1.57. The average molecular weight is 295 g/mol. The highest BCUT2D eigenvalue weighted by molar-refractivity contribution is 5.81. The molecule has 0 aliphatic heterocycles. The third-order valence-corrected chi connectivity index (χ3v) is 2.64. The molecule has 0 heterocycles. The minimum Gasteiger partial charge on any atom is -0.481 e. The van der Waals surface area contributed by atoms with Crippen molar-refractivity contribution in [1.29, 1.82) is 0 Å². The molecule has 1 amide bonds. The molecule has 0 radical (unpaired) electrons. The molecule has 1 rings (SSSR count). The first-order chi connectivity index (χ1) is 10.0. The van der Waals surface area contributed by atoms with Gasteiger partial charge in [-0.2, -0.15) is 0 Å². The number of carboxylic acid groups (broad SMARTS) is 1. The lowest BCUT2D eigenvalue weighted by molar-refractivity contribution is -0.143. The van der Waals surface area contributed by atoms with E-state index in [4.69, 9.17) is 9.84 Å². The van der Waals surface area contributed by atoms with Gasteiger partial charge in [0, 0.05) is 6.42 Å². The highest BCUT2D eigenvalue weighted by Crippen LogP contribution is 2.03. The third-order valence-electron chi connectivity index (χ3n) is 2.64. The molecule has 1 aromatic rings. The lowest BCUT2D eigenvalue weighted by Gasteiger charge is -2.15. The van der Waals surface area contributed by atoms with Crippen molar-refractivity contribution in [3.8, 4) is 0 Å². The molecule has 2 N–H and O–H groups in total. The number of carbonyl (C=O) groups excluding carboxylic acids is 2. The molecular weight excluding hydrogens is 278 g/mol. The number of ether oxygens (including phenoxy) is 2. The van der Waals surface area contributed by atoms with Crippen LogP contribution in [0.5, 0.6) is 0 Å². The monoisotopic (exact) mass is 295 g/mol. The first kappa shape index (κ1) is 16.5. The number of hydrogen-bond donors (Lipinski definition) is 2. The van der Waals surface area contributed by atoms with Gasteiger partial charge < -0.3 is 19.9 Å². The molecule has 0 aliphatic carbocycles. The molecule has 0 spiro atoms. The minimum atomic E-state index is -1.07. The average Bonchev–Trinajstić information content (AvgIpc) is 2.49. The van der Waals surface area contributed by atoms with Gasteiger partial charge in [-0.05, 0) is 12.0 Å². The van der Waals surface area contributed by atoms with E-state index in [9.17, 15) is 14.4 Å². The SMILES string of the molecule is COC(=O)C(CCC(=O)O)NC(=O)OCc1ccccc1. The second-order valence-electron chi connectivity index (χ2n) is 4.21. The summed E-state index contributed by atoms with van der Waals surface area (Å²) in [5.74, 6) is -1.78. The van der Waals surface area contributed by atoms with Gasteiger partial charge in [-0.25, -0.2) is 9.59 Å². The highest BCUT2D eigenvalue weighted by atomic mass is 16.6. The summed E-state index contributed by atoms with van der Waals surface area (Å²) < 4.78 is 9.46. The number of methoxy groups -OCH3 is 1. The van der Waals surface area contributed by atoms with E-state index in [1.807, 2.05) is 6.07 Å². The van der Waals surface area contributed by atoms with E-state index < -0.39 is 24.1 Å². The summed E-state index contributed by atoms with van der Waals surface area (Å²) in [7, 11) is 1.16. The Morgan fingerprint density at radius 3 is 2.48 bits per heavy atom. The van der Waals surface area contributed by atoms with Gasteiger partial charge in [0.15, 0.2) is 0 Å². The molecule has 7 heteroatoms. The largest absolute Gasteiger partial charge is 0.481 e. The summed E-state index contributed by atoms with van der Waals surface area (Å²) in [5, 5.41) is 10.9. The number of hydrogen-bond acceptors (Lipinski definition) is 5. The molecule has 1 unspecified atom stereocenters. The zero-order valence-electron chi connectivity index (χ0n) is 11.6. The molecule has 0 aromatic heterocycles. The molecule has 0 saturated carbocycles. The van der Waals surface area contributed by atoms with Crippen LogP contribution in [0.15, 0.2) is 30.3 Å². The summed E-state index contributed by atoms with van der Waals surface area (Å²) in [6.45, 7) is 0.0551. The number of benzene rings is 1. The van der Waals surface area contributed by atoms with Crippen molar-refractivity contribution < 1.29 is 29.0 Å². The molecule has 0 fully saturated rings. The highest BCUT2D eigenvalue weighted by Gasteiger charge is 2.23. The van der Waals surface area contributed by atoms with Gasteiger partial charge >= 0.3 is 18.0 Å². The lowest BCUT2D eigenvalue weighted by Crippen LogP contribution is -2.42. The number of esters is 1. The number of carboxylic acids is 1. The van der Waals surface area contributed by atoms with Crippen LogP contribution in [0.2, 0.25) is 0 Å². The number of carbonyl (C=O) groups is 3. The van der Waals surface area contributed by atoms with E-state index >= 15 is 0 Å². The maximum Gasteiger partial charge on any atom is 0.408 e. The number of amides is 1. The summed E-state index contributed by atoms with van der Waals surface area (Å²) in [5.41, 5.74) is 0.799. The zero-order chi connectivity index (χ0) is 15.7. The van der Waals surface area contributed by atoms with E-state index in [0.29, 0.717) is 0 Å². The van der Waals surface area contributed by atoms with Gasteiger partial charge in [0.1, 0.15) is 12.6 Å². The molecule has 114 valence electrons. The fourth-order valence-corrected chi connectivity index (χ4v) is 1.57. The second kappa shape index (κ2) is 8.57. The fraction of sp³-hybridized carbons (Fsp3) is 0.357. The Balaban J connectivity index is 2.47. The molecule has 1 atom stereocenters. The Morgan fingerprint density at radius 2 is 1.90 bits per heavy atom. The smallest absolute Gasteiger partial charge is 0.408 e. The molecule has 0 bridgehead atoms. The Hall–Kier alpha value is -2.57. The maximum absolute atomic E-state index is 11.6. The van der Waals surface area contributed by atoms with E-state index in [1.54, 1.807) is 24.3 Å². The van der Waals surface area contributed by atoms with Crippen LogP contribution in [0.3, 0.4) is 0 Å². The molecule has 0 saturated heterocycles. The van der Waals surface area contributed by atoms with Crippen molar-refractivity contribution in [2.24, 2.45) is 0 Å².